The fourth-order valence-corrected chi connectivity index (χ4v) is 2.56. The maximum atomic E-state index is 12.4. The molecule has 1 fully saturated rings. The molecule has 1 amide bonds. The number of carbonyl (C=O) groups excluding carboxylic acids is 2. The second-order valence-electron chi connectivity index (χ2n) is 6.32. The Morgan fingerprint density at radius 3 is 3.04 bits per heavy atom. The topological polar surface area (TPSA) is 94.8 Å². The molecule has 1 aliphatic rings. The molecule has 0 aliphatic carbocycles. The van der Waals surface area contributed by atoms with Crippen LogP contribution in [0.15, 0.2) is 28.8 Å². The molecule has 0 radical (unpaired) electrons. The van der Waals surface area contributed by atoms with Crippen molar-refractivity contribution >= 4 is 12.2 Å². The summed E-state index contributed by atoms with van der Waals surface area (Å²) in [7, 11) is 0. The van der Waals surface area contributed by atoms with Crippen LogP contribution >= 0.6 is 0 Å². The van der Waals surface area contributed by atoms with Crippen molar-refractivity contribution in [2.24, 2.45) is 0 Å². The lowest BCUT2D eigenvalue weighted by atomic mass is 10.2. The van der Waals surface area contributed by atoms with E-state index in [-0.39, 0.29) is 18.4 Å². The molecule has 8 heteroatoms. The first kappa shape index (κ1) is 18.1. The van der Waals surface area contributed by atoms with Crippen molar-refractivity contribution in [1.29, 1.82) is 0 Å². The van der Waals surface area contributed by atoms with E-state index in [0.717, 1.165) is 6.29 Å². The SMILES string of the molecule is CC(C)c1nc(C2CN(C(=O)COc3cccc(C=O)c3)CCO2)no1. The van der Waals surface area contributed by atoms with Gasteiger partial charge in [-0.25, -0.2) is 0 Å². The summed E-state index contributed by atoms with van der Waals surface area (Å²) in [5, 5.41) is 3.95. The molecule has 1 aromatic heterocycles. The van der Waals surface area contributed by atoms with Crippen LogP contribution in [0.4, 0.5) is 0 Å². The van der Waals surface area contributed by atoms with Gasteiger partial charge in [-0.3, -0.25) is 9.59 Å². The fraction of sp³-hybridized carbons (Fsp3) is 0.444. The van der Waals surface area contributed by atoms with Gasteiger partial charge in [0, 0.05) is 18.0 Å². The largest absolute Gasteiger partial charge is 0.484 e. The van der Waals surface area contributed by atoms with E-state index in [9.17, 15) is 9.59 Å². The molecule has 0 saturated carbocycles. The van der Waals surface area contributed by atoms with Gasteiger partial charge in [0.15, 0.2) is 6.61 Å². The summed E-state index contributed by atoms with van der Waals surface area (Å²) in [6.07, 6.45) is 0.319. The van der Waals surface area contributed by atoms with E-state index in [0.29, 0.717) is 42.7 Å². The Morgan fingerprint density at radius 2 is 2.31 bits per heavy atom. The number of aldehydes is 1. The molecule has 2 heterocycles. The first-order valence-corrected chi connectivity index (χ1v) is 8.47. The van der Waals surface area contributed by atoms with E-state index < -0.39 is 6.10 Å². The van der Waals surface area contributed by atoms with Crippen LogP contribution in [0.5, 0.6) is 5.75 Å². The van der Waals surface area contributed by atoms with Gasteiger partial charge in [0.1, 0.15) is 18.1 Å². The Kier molecular flexibility index (Phi) is 5.62. The first-order chi connectivity index (χ1) is 12.6. The summed E-state index contributed by atoms with van der Waals surface area (Å²) < 4.78 is 16.4. The van der Waals surface area contributed by atoms with Crippen molar-refractivity contribution in [2.45, 2.75) is 25.9 Å². The lowest BCUT2D eigenvalue weighted by molar-refractivity contribution is -0.141. The highest BCUT2D eigenvalue weighted by Gasteiger charge is 2.29. The van der Waals surface area contributed by atoms with E-state index in [1.54, 1.807) is 29.2 Å². The minimum atomic E-state index is -0.414. The molecule has 1 aromatic carbocycles. The Bertz CT molecular complexity index is 774. The third kappa shape index (κ3) is 4.26. The second kappa shape index (κ2) is 8.09. The third-order valence-electron chi connectivity index (χ3n) is 4.01. The Morgan fingerprint density at radius 1 is 1.46 bits per heavy atom. The molecule has 1 aliphatic heterocycles. The number of aromatic nitrogens is 2. The van der Waals surface area contributed by atoms with Crippen LogP contribution in [0, 0.1) is 0 Å². The minimum Gasteiger partial charge on any atom is -0.484 e. The summed E-state index contributed by atoms with van der Waals surface area (Å²) in [6.45, 7) is 5.02. The number of hydrogen-bond donors (Lipinski definition) is 0. The highest BCUT2D eigenvalue weighted by atomic mass is 16.5. The molecule has 0 spiro atoms. The lowest BCUT2D eigenvalue weighted by Crippen LogP contribution is -2.44. The van der Waals surface area contributed by atoms with Gasteiger partial charge < -0.3 is 18.9 Å². The number of benzene rings is 1. The van der Waals surface area contributed by atoms with E-state index in [1.807, 2.05) is 13.8 Å². The fourth-order valence-electron chi connectivity index (χ4n) is 2.56. The van der Waals surface area contributed by atoms with Crippen LogP contribution in [0.1, 0.15) is 47.9 Å². The molecule has 3 rings (SSSR count). The molecular weight excluding hydrogens is 338 g/mol. The van der Waals surface area contributed by atoms with Crippen LogP contribution < -0.4 is 4.74 Å². The average molecular weight is 359 g/mol. The van der Waals surface area contributed by atoms with Crippen LogP contribution in [-0.2, 0) is 9.53 Å². The van der Waals surface area contributed by atoms with Crippen molar-refractivity contribution in [3.63, 3.8) is 0 Å². The molecule has 1 atom stereocenters. The zero-order valence-corrected chi connectivity index (χ0v) is 14.8. The number of carbonyl (C=O) groups is 2. The highest BCUT2D eigenvalue weighted by Crippen LogP contribution is 2.22. The summed E-state index contributed by atoms with van der Waals surface area (Å²) in [4.78, 5) is 29.2. The van der Waals surface area contributed by atoms with Gasteiger partial charge in [0.25, 0.3) is 5.91 Å². The van der Waals surface area contributed by atoms with Gasteiger partial charge in [0.2, 0.25) is 11.7 Å². The van der Waals surface area contributed by atoms with Gasteiger partial charge in [-0.2, -0.15) is 4.98 Å². The second-order valence-corrected chi connectivity index (χ2v) is 6.32. The predicted octanol–water partition coefficient (Wildman–Crippen LogP) is 1.98. The molecular formula is C18H21N3O5. The minimum absolute atomic E-state index is 0.113. The van der Waals surface area contributed by atoms with Crippen molar-refractivity contribution < 1.29 is 23.6 Å². The summed E-state index contributed by atoms with van der Waals surface area (Å²) >= 11 is 0. The van der Waals surface area contributed by atoms with E-state index in [4.69, 9.17) is 14.0 Å². The summed E-state index contributed by atoms with van der Waals surface area (Å²) in [6, 6.07) is 6.67. The maximum absolute atomic E-state index is 12.4. The molecule has 0 bridgehead atoms. The van der Waals surface area contributed by atoms with Gasteiger partial charge in [0.05, 0.1) is 13.2 Å². The number of nitrogens with zero attached hydrogens (tertiary/aromatic N) is 3. The Hall–Kier alpha value is -2.74. The zero-order chi connectivity index (χ0) is 18.5. The molecule has 1 unspecified atom stereocenters. The molecule has 26 heavy (non-hydrogen) atoms. The number of ether oxygens (including phenoxy) is 2. The Labute approximate surface area is 151 Å². The monoisotopic (exact) mass is 359 g/mol. The van der Waals surface area contributed by atoms with Crippen LogP contribution in [0.3, 0.4) is 0 Å². The standard InChI is InChI=1S/C18H21N3O5/c1-12(2)18-19-17(20-26-18)15-9-21(6-7-24-15)16(23)11-25-14-5-3-4-13(8-14)10-22/h3-5,8,10,12,15H,6-7,9,11H2,1-2H3. The predicted molar refractivity (Wildman–Crippen MR) is 91.0 cm³/mol. The van der Waals surface area contributed by atoms with E-state index in [1.165, 1.54) is 0 Å². The Balaban J connectivity index is 1.57. The number of amides is 1. The van der Waals surface area contributed by atoms with E-state index >= 15 is 0 Å². The lowest BCUT2D eigenvalue weighted by Gasteiger charge is -2.31. The molecule has 1 saturated heterocycles. The smallest absolute Gasteiger partial charge is 0.260 e. The maximum Gasteiger partial charge on any atom is 0.260 e. The van der Waals surface area contributed by atoms with Crippen LogP contribution in [-0.4, -0.2) is 53.5 Å². The summed E-state index contributed by atoms with van der Waals surface area (Å²) in [5.41, 5.74) is 0.499. The number of hydrogen-bond acceptors (Lipinski definition) is 7. The first-order valence-electron chi connectivity index (χ1n) is 8.47. The van der Waals surface area contributed by atoms with Crippen molar-refractivity contribution in [3.8, 4) is 5.75 Å². The van der Waals surface area contributed by atoms with Crippen LogP contribution in [0.25, 0.3) is 0 Å². The summed E-state index contributed by atoms with van der Waals surface area (Å²) in [5.74, 6) is 1.44. The zero-order valence-electron chi connectivity index (χ0n) is 14.8. The van der Waals surface area contributed by atoms with Gasteiger partial charge in [-0.1, -0.05) is 31.1 Å². The van der Waals surface area contributed by atoms with Crippen LogP contribution in [0.2, 0.25) is 0 Å². The van der Waals surface area contributed by atoms with Gasteiger partial charge >= 0.3 is 0 Å². The quantitative estimate of drug-likeness (QED) is 0.728. The normalized spacial score (nSPS) is 17.3. The average Bonchev–Trinajstić information content (AvgIpc) is 3.17. The molecule has 8 nitrogen and oxygen atoms in total. The molecule has 138 valence electrons. The van der Waals surface area contributed by atoms with Crippen molar-refractivity contribution in [3.05, 3.63) is 41.5 Å². The molecule has 0 N–H and O–H groups in total. The van der Waals surface area contributed by atoms with Gasteiger partial charge in [-0.15, -0.1) is 0 Å². The number of morpholine rings is 1. The third-order valence-corrected chi connectivity index (χ3v) is 4.01. The van der Waals surface area contributed by atoms with E-state index in [2.05, 4.69) is 10.1 Å². The number of rotatable bonds is 6. The van der Waals surface area contributed by atoms with Gasteiger partial charge in [-0.05, 0) is 12.1 Å². The van der Waals surface area contributed by atoms with Crippen molar-refractivity contribution in [2.75, 3.05) is 26.3 Å². The molecule has 2 aromatic rings. The van der Waals surface area contributed by atoms with Crippen molar-refractivity contribution in [1.82, 2.24) is 15.0 Å². The highest BCUT2D eigenvalue weighted by molar-refractivity contribution is 5.78.